The second-order valence-corrected chi connectivity index (χ2v) is 5.83. The van der Waals surface area contributed by atoms with Crippen LogP contribution in [0.15, 0.2) is 40.1 Å². The molecule has 3 aromatic heterocycles. The van der Waals surface area contributed by atoms with Crippen molar-refractivity contribution in [2.24, 2.45) is 14.1 Å². The van der Waals surface area contributed by atoms with E-state index in [2.05, 4.69) is 20.3 Å². The Morgan fingerprint density at radius 2 is 1.84 bits per heavy atom. The maximum Gasteiger partial charge on any atom is 0.332 e. The molecule has 1 aromatic carbocycles. The Kier molecular flexibility index (Phi) is 3.17. The highest BCUT2D eigenvalue weighted by molar-refractivity contribution is 5.71. The summed E-state index contributed by atoms with van der Waals surface area (Å²) in [5.74, 6) is 0.320. The summed E-state index contributed by atoms with van der Waals surface area (Å²) >= 11 is 0. The molecule has 0 bridgehead atoms. The number of H-pyrrole nitrogens is 1. The number of nitrogens with zero attached hydrogens (tertiary/aromatic N) is 6. The standard InChI is InChI=1S/C16H15N7O2/c1-9-6-4-5-7-10(9)11-8-23(20-19-11)15-17-12-13(18-15)21(2)16(25)22(3)14(12)24/h4-8H,1-3H3,(H,17,18). The summed E-state index contributed by atoms with van der Waals surface area (Å²) in [6, 6.07) is 7.84. The molecule has 0 aliphatic heterocycles. The van der Waals surface area contributed by atoms with Crippen molar-refractivity contribution in [1.29, 1.82) is 0 Å². The minimum atomic E-state index is -0.435. The molecule has 0 unspecified atom stereocenters. The maximum atomic E-state index is 12.3. The van der Waals surface area contributed by atoms with E-state index in [4.69, 9.17) is 0 Å². The molecule has 0 saturated carbocycles. The van der Waals surface area contributed by atoms with Gasteiger partial charge in [0, 0.05) is 19.7 Å². The second kappa shape index (κ2) is 5.26. The number of aryl methyl sites for hydroxylation is 2. The van der Waals surface area contributed by atoms with E-state index in [1.54, 1.807) is 13.2 Å². The molecule has 25 heavy (non-hydrogen) atoms. The lowest BCUT2D eigenvalue weighted by molar-refractivity contribution is 0.708. The Morgan fingerprint density at radius 1 is 1.08 bits per heavy atom. The number of hydrogen-bond acceptors (Lipinski definition) is 5. The lowest BCUT2D eigenvalue weighted by Crippen LogP contribution is -2.36. The zero-order valence-electron chi connectivity index (χ0n) is 13.9. The first-order valence-corrected chi connectivity index (χ1v) is 7.62. The van der Waals surface area contributed by atoms with Crippen LogP contribution in [-0.2, 0) is 14.1 Å². The normalized spacial score (nSPS) is 11.3. The predicted molar refractivity (Wildman–Crippen MR) is 91.7 cm³/mol. The molecule has 3 heterocycles. The molecule has 0 atom stereocenters. The highest BCUT2D eigenvalue weighted by Gasteiger charge is 2.16. The molecule has 0 fully saturated rings. The highest BCUT2D eigenvalue weighted by atomic mass is 16.2. The second-order valence-electron chi connectivity index (χ2n) is 5.83. The molecular formula is C16H15N7O2. The largest absolute Gasteiger partial charge is 0.332 e. The first-order valence-electron chi connectivity index (χ1n) is 7.62. The third kappa shape index (κ3) is 2.20. The van der Waals surface area contributed by atoms with Gasteiger partial charge in [-0.1, -0.05) is 29.5 Å². The van der Waals surface area contributed by atoms with Crippen LogP contribution in [0, 0.1) is 6.92 Å². The first kappa shape index (κ1) is 15.1. The van der Waals surface area contributed by atoms with Gasteiger partial charge in [0.05, 0.1) is 6.20 Å². The van der Waals surface area contributed by atoms with E-state index in [9.17, 15) is 9.59 Å². The average Bonchev–Trinajstić information content (AvgIpc) is 3.25. The van der Waals surface area contributed by atoms with Crippen LogP contribution in [0.3, 0.4) is 0 Å². The number of fused-ring (bicyclic) bond motifs is 1. The van der Waals surface area contributed by atoms with E-state index >= 15 is 0 Å². The van der Waals surface area contributed by atoms with Gasteiger partial charge < -0.3 is 4.98 Å². The van der Waals surface area contributed by atoms with Gasteiger partial charge in [0.1, 0.15) is 5.69 Å². The fraction of sp³-hybridized carbons (Fsp3) is 0.188. The van der Waals surface area contributed by atoms with Crippen molar-refractivity contribution in [2.75, 3.05) is 0 Å². The topological polar surface area (TPSA) is 103 Å². The quantitative estimate of drug-likeness (QED) is 0.574. The Morgan fingerprint density at radius 3 is 2.60 bits per heavy atom. The summed E-state index contributed by atoms with van der Waals surface area (Å²) in [5, 5.41) is 8.25. The van der Waals surface area contributed by atoms with Gasteiger partial charge >= 0.3 is 5.69 Å². The Balaban J connectivity index is 1.88. The third-order valence-corrected chi connectivity index (χ3v) is 4.21. The molecule has 0 spiro atoms. The number of imidazole rings is 1. The van der Waals surface area contributed by atoms with E-state index in [1.807, 2.05) is 31.2 Å². The minimum Gasteiger partial charge on any atom is -0.316 e. The molecule has 0 radical (unpaired) electrons. The molecule has 126 valence electrons. The Hall–Kier alpha value is -3.49. The lowest BCUT2D eigenvalue weighted by atomic mass is 10.1. The van der Waals surface area contributed by atoms with Crippen LogP contribution in [0.2, 0.25) is 0 Å². The zero-order chi connectivity index (χ0) is 17.7. The van der Waals surface area contributed by atoms with E-state index in [0.29, 0.717) is 11.6 Å². The number of nitrogens with one attached hydrogen (secondary N) is 1. The predicted octanol–water partition coefficient (Wildman–Crippen LogP) is 0.516. The fourth-order valence-corrected chi connectivity index (χ4v) is 2.77. The van der Waals surface area contributed by atoms with E-state index < -0.39 is 11.2 Å². The Labute approximate surface area is 141 Å². The maximum absolute atomic E-state index is 12.3. The number of benzene rings is 1. The first-order chi connectivity index (χ1) is 12.0. The van der Waals surface area contributed by atoms with Crippen molar-refractivity contribution in [3.63, 3.8) is 0 Å². The summed E-state index contributed by atoms with van der Waals surface area (Å²) in [6.45, 7) is 2.00. The van der Waals surface area contributed by atoms with Crippen molar-refractivity contribution in [2.45, 2.75) is 6.92 Å². The molecule has 0 saturated heterocycles. The van der Waals surface area contributed by atoms with E-state index in [-0.39, 0.29) is 11.2 Å². The minimum absolute atomic E-state index is 0.243. The van der Waals surface area contributed by atoms with Gasteiger partial charge in [0.15, 0.2) is 11.2 Å². The van der Waals surface area contributed by atoms with Crippen LogP contribution in [0.25, 0.3) is 28.4 Å². The van der Waals surface area contributed by atoms with Gasteiger partial charge in [-0.25, -0.2) is 4.79 Å². The molecule has 1 N–H and O–H groups in total. The van der Waals surface area contributed by atoms with Gasteiger partial charge in [0.25, 0.3) is 5.56 Å². The number of aromatic amines is 1. The highest BCUT2D eigenvalue weighted by Crippen LogP contribution is 2.21. The molecule has 0 amide bonds. The summed E-state index contributed by atoms with van der Waals surface area (Å²) in [4.78, 5) is 31.5. The average molecular weight is 337 g/mol. The number of hydrogen-bond donors (Lipinski definition) is 1. The van der Waals surface area contributed by atoms with Crippen molar-refractivity contribution in [1.82, 2.24) is 34.1 Å². The SMILES string of the molecule is Cc1ccccc1-c1cn(-c2nc3c([nH]2)c(=O)n(C)c(=O)n3C)nn1. The summed E-state index contributed by atoms with van der Waals surface area (Å²) in [7, 11) is 2.99. The van der Waals surface area contributed by atoms with Gasteiger partial charge in [0.2, 0.25) is 5.95 Å². The monoisotopic (exact) mass is 337 g/mol. The van der Waals surface area contributed by atoms with Gasteiger partial charge in [-0.2, -0.15) is 9.67 Å². The molecule has 4 aromatic rings. The van der Waals surface area contributed by atoms with Crippen LogP contribution in [0.5, 0.6) is 0 Å². The summed E-state index contributed by atoms with van der Waals surface area (Å²) < 4.78 is 3.80. The number of aromatic nitrogens is 7. The lowest BCUT2D eigenvalue weighted by Gasteiger charge is -2.00. The van der Waals surface area contributed by atoms with Crippen LogP contribution in [-0.4, -0.2) is 34.1 Å². The Bertz CT molecular complexity index is 1230. The van der Waals surface area contributed by atoms with Crippen LogP contribution >= 0.6 is 0 Å². The van der Waals surface area contributed by atoms with Gasteiger partial charge in [-0.05, 0) is 12.5 Å². The van der Waals surface area contributed by atoms with Crippen LogP contribution in [0.4, 0.5) is 0 Å². The molecular weight excluding hydrogens is 322 g/mol. The molecule has 0 aliphatic rings. The summed E-state index contributed by atoms with van der Waals surface area (Å²) in [6.07, 6.45) is 1.72. The summed E-state index contributed by atoms with van der Waals surface area (Å²) in [5.41, 5.74) is 2.39. The van der Waals surface area contributed by atoms with Crippen molar-refractivity contribution >= 4 is 11.2 Å². The smallest absolute Gasteiger partial charge is 0.316 e. The van der Waals surface area contributed by atoms with E-state index in [0.717, 1.165) is 15.7 Å². The van der Waals surface area contributed by atoms with Crippen LogP contribution < -0.4 is 11.2 Å². The van der Waals surface area contributed by atoms with Crippen LogP contribution in [0.1, 0.15) is 5.56 Å². The molecule has 9 nitrogen and oxygen atoms in total. The van der Waals surface area contributed by atoms with Crippen molar-refractivity contribution in [3.8, 4) is 17.2 Å². The molecule has 4 rings (SSSR count). The number of rotatable bonds is 2. The zero-order valence-corrected chi connectivity index (χ0v) is 13.9. The molecule has 9 heteroatoms. The van der Waals surface area contributed by atoms with E-state index in [1.165, 1.54) is 16.3 Å². The fourth-order valence-electron chi connectivity index (χ4n) is 2.77. The molecule has 0 aliphatic carbocycles. The third-order valence-electron chi connectivity index (χ3n) is 4.21. The van der Waals surface area contributed by atoms with Gasteiger partial charge in [-0.3, -0.25) is 13.9 Å². The van der Waals surface area contributed by atoms with Crippen molar-refractivity contribution in [3.05, 3.63) is 56.9 Å². The van der Waals surface area contributed by atoms with Gasteiger partial charge in [-0.15, -0.1) is 5.10 Å². The van der Waals surface area contributed by atoms with Crippen molar-refractivity contribution < 1.29 is 0 Å².